The fourth-order valence-electron chi connectivity index (χ4n) is 5.16. The molecule has 5 rings (SSSR count). The SMILES string of the molecule is Cc1c(Cl)c[nH]c1CN(CCc1c[nH]c2cc(F)ccc12)C1CCc2cc(C=CC(=O)NO)ccc21. The normalized spacial score (nSPS) is 15.3. The van der Waals surface area contributed by atoms with Gasteiger partial charge in [-0.1, -0.05) is 29.8 Å². The quantitative estimate of drug-likeness (QED) is 0.137. The number of fused-ring (bicyclic) bond motifs is 2. The Balaban J connectivity index is 1.41. The maximum Gasteiger partial charge on any atom is 0.267 e. The van der Waals surface area contributed by atoms with Crippen molar-refractivity contribution in [1.29, 1.82) is 0 Å². The first-order chi connectivity index (χ1) is 17.4. The number of halogens is 2. The van der Waals surface area contributed by atoms with Crippen LogP contribution in [0.25, 0.3) is 17.0 Å². The summed E-state index contributed by atoms with van der Waals surface area (Å²) in [7, 11) is 0. The van der Waals surface area contributed by atoms with Crippen molar-refractivity contribution in [3.05, 3.63) is 99.2 Å². The van der Waals surface area contributed by atoms with E-state index in [4.69, 9.17) is 16.8 Å². The average Bonchev–Trinajstić information content (AvgIpc) is 3.57. The van der Waals surface area contributed by atoms with Crippen molar-refractivity contribution in [2.45, 2.75) is 38.8 Å². The van der Waals surface area contributed by atoms with Crippen molar-refractivity contribution >= 4 is 34.5 Å². The summed E-state index contributed by atoms with van der Waals surface area (Å²) in [5.41, 5.74) is 9.22. The topological polar surface area (TPSA) is 84.2 Å². The van der Waals surface area contributed by atoms with Crippen molar-refractivity contribution in [2.75, 3.05) is 6.54 Å². The highest BCUT2D eigenvalue weighted by atomic mass is 35.5. The van der Waals surface area contributed by atoms with E-state index in [1.807, 2.05) is 31.5 Å². The smallest absolute Gasteiger partial charge is 0.267 e. The van der Waals surface area contributed by atoms with Crippen molar-refractivity contribution in [3.63, 3.8) is 0 Å². The highest BCUT2D eigenvalue weighted by molar-refractivity contribution is 6.31. The Kier molecular flexibility index (Phi) is 6.96. The molecule has 0 bridgehead atoms. The average molecular weight is 507 g/mol. The van der Waals surface area contributed by atoms with Gasteiger partial charge in [0.1, 0.15) is 5.82 Å². The summed E-state index contributed by atoms with van der Waals surface area (Å²) in [4.78, 5) is 20.4. The third-order valence-electron chi connectivity index (χ3n) is 7.13. The first kappa shape index (κ1) is 24.3. The highest BCUT2D eigenvalue weighted by Gasteiger charge is 2.29. The van der Waals surface area contributed by atoms with Crippen LogP contribution < -0.4 is 5.48 Å². The number of hydrogen-bond acceptors (Lipinski definition) is 3. The van der Waals surface area contributed by atoms with Gasteiger partial charge in [0.25, 0.3) is 5.91 Å². The number of amides is 1. The standard InChI is InChI=1S/C28H28ClFN4O2/c1-17-24(29)15-32-26(17)16-34(11-10-20-14-31-25-13-21(30)5-7-22(20)25)27-8-4-19-12-18(2-6-23(19)27)3-9-28(35)33-36/h2-3,5-7,9,12-15,27,31-32,36H,4,8,10-11,16H2,1H3,(H,33,35). The molecular weight excluding hydrogens is 479 g/mol. The molecule has 1 aliphatic rings. The lowest BCUT2D eigenvalue weighted by atomic mass is 10.0. The number of aromatic nitrogens is 2. The number of rotatable bonds is 8. The van der Waals surface area contributed by atoms with Gasteiger partial charge in [0.05, 0.1) is 5.02 Å². The Hall–Kier alpha value is -3.39. The number of nitrogens with one attached hydrogen (secondary N) is 3. The first-order valence-corrected chi connectivity index (χ1v) is 12.4. The largest absolute Gasteiger partial charge is 0.362 e. The third kappa shape index (κ3) is 4.95. The van der Waals surface area contributed by atoms with Gasteiger partial charge < -0.3 is 9.97 Å². The van der Waals surface area contributed by atoms with E-state index in [1.165, 1.54) is 29.3 Å². The van der Waals surface area contributed by atoms with E-state index >= 15 is 0 Å². The first-order valence-electron chi connectivity index (χ1n) is 12.0. The molecule has 0 aliphatic heterocycles. The number of nitrogens with zero attached hydrogens (tertiary/aromatic N) is 1. The second-order valence-corrected chi connectivity index (χ2v) is 9.69. The minimum absolute atomic E-state index is 0.239. The number of hydroxylamine groups is 1. The van der Waals surface area contributed by atoms with E-state index < -0.39 is 5.91 Å². The molecule has 2 heterocycles. The van der Waals surface area contributed by atoms with Gasteiger partial charge in [-0.3, -0.25) is 14.9 Å². The number of aromatic amines is 2. The molecule has 186 valence electrons. The van der Waals surface area contributed by atoms with Gasteiger partial charge in [-0.05, 0) is 78.3 Å². The van der Waals surface area contributed by atoms with Crippen LogP contribution >= 0.6 is 11.6 Å². The lowest BCUT2D eigenvalue weighted by Crippen LogP contribution is -2.29. The van der Waals surface area contributed by atoms with E-state index in [0.29, 0.717) is 0 Å². The molecule has 1 atom stereocenters. The van der Waals surface area contributed by atoms with Crippen molar-refractivity contribution in [2.24, 2.45) is 0 Å². The van der Waals surface area contributed by atoms with Gasteiger partial charge in [-0.2, -0.15) is 0 Å². The number of benzene rings is 2. The highest BCUT2D eigenvalue weighted by Crippen LogP contribution is 2.38. The fourth-order valence-corrected chi connectivity index (χ4v) is 5.33. The Morgan fingerprint density at radius 1 is 1.25 bits per heavy atom. The van der Waals surface area contributed by atoms with Crippen LogP contribution in [0.2, 0.25) is 5.02 Å². The van der Waals surface area contributed by atoms with Crippen LogP contribution in [-0.4, -0.2) is 32.5 Å². The summed E-state index contributed by atoms with van der Waals surface area (Å²) < 4.78 is 13.6. The zero-order valence-electron chi connectivity index (χ0n) is 19.9. The number of hydrogen-bond donors (Lipinski definition) is 4. The molecule has 0 fully saturated rings. The molecule has 2 aromatic carbocycles. The predicted octanol–water partition coefficient (Wildman–Crippen LogP) is 5.85. The van der Waals surface area contributed by atoms with Crippen molar-refractivity contribution in [3.8, 4) is 0 Å². The van der Waals surface area contributed by atoms with Crippen LogP contribution in [0.4, 0.5) is 4.39 Å². The number of carbonyl (C=O) groups is 1. The molecule has 0 saturated heterocycles. The molecule has 4 N–H and O–H groups in total. The van der Waals surface area contributed by atoms with Crippen LogP contribution in [0, 0.1) is 12.7 Å². The molecule has 1 unspecified atom stereocenters. The van der Waals surface area contributed by atoms with E-state index in [1.54, 1.807) is 11.6 Å². The predicted molar refractivity (Wildman–Crippen MR) is 139 cm³/mol. The summed E-state index contributed by atoms with van der Waals surface area (Å²) in [6.45, 7) is 3.59. The number of aryl methyl sites for hydroxylation is 1. The molecule has 1 aliphatic carbocycles. The summed E-state index contributed by atoms with van der Waals surface area (Å²) in [6.07, 6.45) is 9.58. The lowest BCUT2D eigenvalue weighted by Gasteiger charge is -2.30. The van der Waals surface area contributed by atoms with Gasteiger partial charge in [0.2, 0.25) is 0 Å². The van der Waals surface area contributed by atoms with E-state index in [0.717, 1.165) is 70.7 Å². The van der Waals surface area contributed by atoms with E-state index in [-0.39, 0.29) is 11.9 Å². The molecule has 0 saturated carbocycles. The summed E-state index contributed by atoms with van der Waals surface area (Å²) in [6, 6.07) is 11.4. The molecule has 0 spiro atoms. The van der Waals surface area contributed by atoms with Crippen LogP contribution in [0.3, 0.4) is 0 Å². The molecule has 2 aromatic heterocycles. The molecule has 6 nitrogen and oxygen atoms in total. The van der Waals surface area contributed by atoms with Crippen LogP contribution in [0.1, 0.15) is 46.0 Å². The van der Waals surface area contributed by atoms with Gasteiger partial charge >= 0.3 is 0 Å². The molecule has 0 radical (unpaired) electrons. The van der Waals surface area contributed by atoms with Gasteiger partial charge in [-0.15, -0.1) is 0 Å². The Morgan fingerprint density at radius 2 is 2.11 bits per heavy atom. The van der Waals surface area contributed by atoms with E-state index in [2.05, 4.69) is 27.0 Å². The molecule has 1 amide bonds. The molecule has 8 heteroatoms. The van der Waals surface area contributed by atoms with E-state index in [9.17, 15) is 9.18 Å². The Labute approximate surface area is 213 Å². The number of H-pyrrole nitrogens is 2. The molecular formula is C28H28ClFN4O2. The van der Waals surface area contributed by atoms with Crippen molar-refractivity contribution in [1.82, 2.24) is 20.3 Å². The fraction of sp³-hybridized carbons (Fsp3) is 0.250. The van der Waals surface area contributed by atoms with Gasteiger partial charge in [-0.25, -0.2) is 9.87 Å². The maximum atomic E-state index is 13.6. The Morgan fingerprint density at radius 3 is 2.89 bits per heavy atom. The number of carbonyl (C=O) groups excluding carboxylic acids is 1. The second kappa shape index (κ2) is 10.3. The van der Waals surface area contributed by atoms with Gasteiger partial charge in [0, 0.05) is 54.2 Å². The van der Waals surface area contributed by atoms with Crippen LogP contribution in [0.5, 0.6) is 0 Å². The molecule has 36 heavy (non-hydrogen) atoms. The lowest BCUT2D eigenvalue weighted by molar-refractivity contribution is -0.124. The summed E-state index contributed by atoms with van der Waals surface area (Å²) >= 11 is 6.33. The minimum Gasteiger partial charge on any atom is -0.362 e. The van der Waals surface area contributed by atoms with Crippen LogP contribution in [0.15, 0.2) is 54.9 Å². The monoisotopic (exact) mass is 506 g/mol. The zero-order valence-corrected chi connectivity index (χ0v) is 20.7. The summed E-state index contributed by atoms with van der Waals surface area (Å²) in [5.74, 6) is -0.801. The van der Waals surface area contributed by atoms with Gasteiger partial charge in [0.15, 0.2) is 0 Å². The maximum absolute atomic E-state index is 13.6. The Bertz CT molecular complexity index is 1440. The third-order valence-corrected chi connectivity index (χ3v) is 7.53. The minimum atomic E-state index is -0.556. The van der Waals surface area contributed by atoms with Crippen LogP contribution in [-0.2, 0) is 24.2 Å². The molecule has 4 aromatic rings. The zero-order chi connectivity index (χ0) is 25.2. The second-order valence-electron chi connectivity index (χ2n) is 9.29. The van der Waals surface area contributed by atoms with Crippen molar-refractivity contribution < 1.29 is 14.4 Å². The summed E-state index contributed by atoms with van der Waals surface area (Å²) in [5, 5.41) is 10.5.